The molecule has 1 N–H and O–H groups in total. The zero-order chi connectivity index (χ0) is 20.6. The van der Waals surface area contributed by atoms with Crippen molar-refractivity contribution in [1.29, 1.82) is 0 Å². The number of rotatable bonds is 7. The maximum Gasteiger partial charge on any atom is 0.249 e. The molecule has 1 atom stereocenters. The van der Waals surface area contributed by atoms with Crippen molar-refractivity contribution < 1.29 is 23.8 Å². The highest BCUT2D eigenvalue weighted by atomic mass is 16.5. The molecule has 7 nitrogen and oxygen atoms in total. The minimum atomic E-state index is -0.734. The van der Waals surface area contributed by atoms with E-state index in [0.717, 1.165) is 11.1 Å². The fourth-order valence-electron chi connectivity index (χ4n) is 3.29. The molecule has 29 heavy (non-hydrogen) atoms. The van der Waals surface area contributed by atoms with Gasteiger partial charge in [0.25, 0.3) is 0 Å². The molecule has 2 aromatic carbocycles. The van der Waals surface area contributed by atoms with Gasteiger partial charge in [0.2, 0.25) is 11.8 Å². The van der Waals surface area contributed by atoms with Gasteiger partial charge in [-0.1, -0.05) is 36.4 Å². The molecule has 0 radical (unpaired) electrons. The summed E-state index contributed by atoms with van der Waals surface area (Å²) >= 11 is 0. The average molecular weight is 398 g/mol. The lowest BCUT2D eigenvalue weighted by molar-refractivity contribution is -0.140. The van der Waals surface area contributed by atoms with Gasteiger partial charge in [-0.05, 0) is 23.3 Å². The molecule has 0 saturated carbocycles. The summed E-state index contributed by atoms with van der Waals surface area (Å²) in [6, 6.07) is 13.9. The molecule has 0 bridgehead atoms. The van der Waals surface area contributed by atoms with Crippen molar-refractivity contribution in [3.05, 3.63) is 59.7 Å². The molecule has 1 aliphatic heterocycles. The number of carbonyl (C=O) groups excluding carboxylic acids is 2. The Kier molecular flexibility index (Phi) is 7.08. The number of ether oxygens (including phenoxy) is 3. The van der Waals surface area contributed by atoms with Crippen molar-refractivity contribution in [1.82, 2.24) is 10.2 Å². The Morgan fingerprint density at radius 1 is 1.03 bits per heavy atom. The van der Waals surface area contributed by atoms with Crippen LogP contribution < -0.4 is 14.8 Å². The fraction of sp³-hybridized carbons (Fsp3) is 0.364. The van der Waals surface area contributed by atoms with Crippen LogP contribution in [0.2, 0.25) is 0 Å². The molecule has 1 aliphatic rings. The van der Waals surface area contributed by atoms with Crippen LogP contribution in [0, 0.1) is 0 Å². The number of nitrogens with zero attached hydrogens (tertiary/aromatic N) is 1. The molecule has 1 fully saturated rings. The Bertz CT molecular complexity index is 834. The van der Waals surface area contributed by atoms with Crippen molar-refractivity contribution in [2.75, 3.05) is 40.5 Å². The number of benzene rings is 2. The maximum atomic E-state index is 13.1. The van der Waals surface area contributed by atoms with Crippen LogP contribution in [0.15, 0.2) is 48.5 Å². The second kappa shape index (κ2) is 9.93. The molecule has 0 unspecified atom stereocenters. The lowest BCUT2D eigenvalue weighted by Crippen LogP contribution is -2.47. The molecule has 2 aromatic rings. The molecule has 0 aromatic heterocycles. The van der Waals surface area contributed by atoms with E-state index in [4.69, 9.17) is 14.2 Å². The highest BCUT2D eigenvalue weighted by molar-refractivity contribution is 5.89. The number of morpholine rings is 1. The summed E-state index contributed by atoms with van der Waals surface area (Å²) in [6.45, 7) is 2.06. The van der Waals surface area contributed by atoms with Gasteiger partial charge in [0.05, 0.1) is 33.9 Å². The maximum absolute atomic E-state index is 13.1. The summed E-state index contributed by atoms with van der Waals surface area (Å²) in [5.41, 5.74) is 1.52. The van der Waals surface area contributed by atoms with Crippen LogP contribution in [0.25, 0.3) is 0 Å². The number of nitrogens with one attached hydrogen (secondary N) is 1. The first-order valence-electron chi connectivity index (χ1n) is 9.54. The summed E-state index contributed by atoms with van der Waals surface area (Å²) in [5, 5.41) is 2.90. The quantitative estimate of drug-likeness (QED) is 0.772. The molecule has 7 heteroatoms. The highest BCUT2D eigenvalue weighted by Gasteiger charge is 2.28. The second-order valence-electron chi connectivity index (χ2n) is 6.71. The van der Waals surface area contributed by atoms with E-state index in [1.54, 1.807) is 31.3 Å². The highest BCUT2D eigenvalue weighted by Crippen LogP contribution is 2.28. The molecule has 1 saturated heterocycles. The topological polar surface area (TPSA) is 77.1 Å². The van der Waals surface area contributed by atoms with Crippen LogP contribution in [0.3, 0.4) is 0 Å². The van der Waals surface area contributed by atoms with E-state index in [-0.39, 0.29) is 18.2 Å². The van der Waals surface area contributed by atoms with Crippen molar-refractivity contribution in [2.24, 2.45) is 0 Å². The normalized spacial score (nSPS) is 14.8. The molecule has 0 spiro atoms. The Labute approximate surface area is 170 Å². The lowest BCUT2D eigenvalue weighted by atomic mass is 10.0. The van der Waals surface area contributed by atoms with Crippen molar-refractivity contribution in [3.63, 3.8) is 0 Å². The van der Waals surface area contributed by atoms with E-state index < -0.39 is 6.04 Å². The fourth-order valence-corrected chi connectivity index (χ4v) is 3.29. The zero-order valence-corrected chi connectivity index (χ0v) is 16.7. The van der Waals surface area contributed by atoms with Crippen LogP contribution in [-0.2, 0) is 20.7 Å². The van der Waals surface area contributed by atoms with Crippen molar-refractivity contribution in [3.8, 4) is 11.5 Å². The lowest BCUT2D eigenvalue weighted by Gasteiger charge is -2.31. The predicted octanol–water partition coefficient (Wildman–Crippen LogP) is 1.96. The van der Waals surface area contributed by atoms with Gasteiger partial charge < -0.3 is 24.4 Å². The summed E-state index contributed by atoms with van der Waals surface area (Å²) in [7, 11) is 3.11. The van der Waals surface area contributed by atoms with E-state index in [0.29, 0.717) is 37.8 Å². The number of methoxy groups -OCH3 is 2. The molecule has 3 rings (SSSR count). The van der Waals surface area contributed by atoms with E-state index in [1.165, 1.54) is 0 Å². The summed E-state index contributed by atoms with van der Waals surface area (Å²) in [5.74, 6) is 0.788. The molecular weight excluding hydrogens is 372 g/mol. The van der Waals surface area contributed by atoms with Gasteiger partial charge in [-0.25, -0.2) is 0 Å². The van der Waals surface area contributed by atoms with Gasteiger partial charge in [0.1, 0.15) is 6.04 Å². The minimum absolute atomic E-state index is 0.125. The van der Waals surface area contributed by atoms with Crippen LogP contribution in [0.1, 0.15) is 17.2 Å². The van der Waals surface area contributed by atoms with Crippen LogP contribution in [-0.4, -0.2) is 57.2 Å². The van der Waals surface area contributed by atoms with Crippen LogP contribution in [0.5, 0.6) is 11.5 Å². The van der Waals surface area contributed by atoms with Crippen molar-refractivity contribution in [2.45, 2.75) is 12.5 Å². The van der Waals surface area contributed by atoms with E-state index in [1.807, 2.05) is 36.4 Å². The Morgan fingerprint density at radius 2 is 1.72 bits per heavy atom. The molecule has 0 aliphatic carbocycles. The van der Waals surface area contributed by atoms with Crippen LogP contribution in [0.4, 0.5) is 0 Å². The standard InChI is InChI=1S/C22H26N2O5/c1-27-18-9-8-16(14-19(18)28-2)15-20(25)23-21(17-6-4-3-5-7-17)22(26)24-10-12-29-13-11-24/h3-9,14,21H,10-13,15H2,1-2H3,(H,23,25)/t21-/m0/s1. The molecule has 154 valence electrons. The monoisotopic (exact) mass is 398 g/mol. The average Bonchev–Trinajstić information content (AvgIpc) is 2.78. The zero-order valence-electron chi connectivity index (χ0n) is 16.7. The minimum Gasteiger partial charge on any atom is -0.493 e. The summed E-state index contributed by atoms with van der Waals surface area (Å²) in [6.07, 6.45) is 0.125. The third kappa shape index (κ3) is 5.26. The van der Waals surface area contributed by atoms with Gasteiger partial charge in [-0.15, -0.1) is 0 Å². The second-order valence-corrected chi connectivity index (χ2v) is 6.71. The van der Waals surface area contributed by atoms with Gasteiger partial charge in [0, 0.05) is 13.1 Å². The largest absolute Gasteiger partial charge is 0.493 e. The number of hydrogen-bond donors (Lipinski definition) is 1. The Morgan fingerprint density at radius 3 is 2.38 bits per heavy atom. The van der Waals surface area contributed by atoms with E-state index in [9.17, 15) is 9.59 Å². The Balaban J connectivity index is 1.75. The first-order chi connectivity index (χ1) is 14.1. The summed E-state index contributed by atoms with van der Waals surface area (Å²) in [4.78, 5) is 27.6. The third-order valence-corrected chi connectivity index (χ3v) is 4.82. The van der Waals surface area contributed by atoms with Crippen LogP contribution >= 0.6 is 0 Å². The number of carbonyl (C=O) groups is 2. The molecular formula is C22H26N2O5. The van der Waals surface area contributed by atoms with Gasteiger partial charge in [-0.3, -0.25) is 9.59 Å². The predicted molar refractivity (Wildman–Crippen MR) is 108 cm³/mol. The van der Waals surface area contributed by atoms with E-state index >= 15 is 0 Å². The third-order valence-electron chi connectivity index (χ3n) is 4.82. The van der Waals surface area contributed by atoms with Crippen molar-refractivity contribution >= 4 is 11.8 Å². The van der Waals surface area contributed by atoms with Gasteiger partial charge in [0.15, 0.2) is 11.5 Å². The number of hydrogen-bond acceptors (Lipinski definition) is 5. The molecule has 1 heterocycles. The Hall–Kier alpha value is -3.06. The van der Waals surface area contributed by atoms with Gasteiger partial charge in [-0.2, -0.15) is 0 Å². The molecule has 2 amide bonds. The first-order valence-corrected chi connectivity index (χ1v) is 9.54. The van der Waals surface area contributed by atoms with E-state index in [2.05, 4.69) is 5.32 Å². The smallest absolute Gasteiger partial charge is 0.249 e. The first kappa shape index (κ1) is 20.7. The number of amides is 2. The summed E-state index contributed by atoms with van der Waals surface area (Å²) < 4.78 is 15.9. The SMILES string of the molecule is COc1ccc(CC(=O)N[C@H](C(=O)N2CCOCC2)c2ccccc2)cc1OC. The van der Waals surface area contributed by atoms with Gasteiger partial charge >= 0.3 is 0 Å².